The third-order valence-corrected chi connectivity index (χ3v) is 5.53. The molecule has 0 radical (unpaired) electrons. The second-order valence-electron chi connectivity index (χ2n) is 4.88. The Balaban J connectivity index is 2.57. The molecule has 0 spiro atoms. The minimum absolute atomic E-state index is 0.0870. The predicted molar refractivity (Wildman–Crippen MR) is 89.5 cm³/mol. The van der Waals surface area contributed by atoms with Crippen molar-refractivity contribution in [3.8, 4) is 0 Å². The minimum Gasteiger partial charge on any atom is -0.265 e. The van der Waals surface area contributed by atoms with Crippen molar-refractivity contribution in [1.82, 2.24) is 0 Å². The van der Waals surface area contributed by atoms with Gasteiger partial charge in [0.1, 0.15) is 0 Å². The van der Waals surface area contributed by atoms with Gasteiger partial charge in [0.15, 0.2) is 0 Å². The Labute approximate surface area is 139 Å². The molecule has 0 aromatic heterocycles. The van der Waals surface area contributed by atoms with Crippen LogP contribution in [0.15, 0.2) is 47.4 Å². The molecule has 0 aliphatic carbocycles. The number of benzene rings is 2. The number of nitro benzene ring substituents is 1. The third kappa shape index (κ3) is 3.46. The van der Waals surface area contributed by atoms with E-state index in [-0.39, 0.29) is 27.8 Å². The Kier molecular flexibility index (Phi) is 4.91. The summed E-state index contributed by atoms with van der Waals surface area (Å²) in [6.45, 7) is 3.59. The van der Waals surface area contributed by atoms with E-state index in [4.69, 9.17) is 11.6 Å². The number of nitro groups is 1. The quantitative estimate of drug-likeness (QED) is 0.604. The fraction of sp³-hybridized carbons (Fsp3) is 0.200. The van der Waals surface area contributed by atoms with Crippen LogP contribution < -0.4 is 4.31 Å². The van der Waals surface area contributed by atoms with Crippen LogP contribution in [0.1, 0.15) is 12.5 Å². The Morgan fingerprint density at radius 1 is 1.17 bits per heavy atom. The largest absolute Gasteiger partial charge is 0.271 e. The van der Waals surface area contributed by atoms with Crippen LogP contribution in [-0.2, 0) is 10.0 Å². The van der Waals surface area contributed by atoms with Crippen LogP contribution in [0.5, 0.6) is 0 Å². The lowest BCUT2D eigenvalue weighted by atomic mass is 10.2. The van der Waals surface area contributed by atoms with Crippen molar-refractivity contribution in [1.29, 1.82) is 0 Å². The molecule has 0 aliphatic rings. The first-order chi connectivity index (χ1) is 10.8. The molecule has 0 fully saturated rings. The van der Waals surface area contributed by atoms with Gasteiger partial charge in [-0.1, -0.05) is 29.3 Å². The third-order valence-electron chi connectivity index (χ3n) is 3.31. The van der Waals surface area contributed by atoms with E-state index >= 15 is 0 Å². The van der Waals surface area contributed by atoms with E-state index in [1.807, 2.05) is 6.92 Å². The highest BCUT2D eigenvalue weighted by atomic mass is 35.5. The van der Waals surface area contributed by atoms with Crippen molar-refractivity contribution < 1.29 is 13.3 Å². The van der Waals surface area contributed by atoms with Crippen molar-refractivity contribution in [3.05, 3.63) is 63.2 Å². The average Bonchev–Trinajstić information content (AvgIpc) is 2.49. The maximum absolute atomic E-state index is 12.8. The molecule has 0 amide bonds. The van der Waals surface area contributed by atoms with Crippen LogP contribution in [0.2, 0.25) is 5.02 Å². The average molecular weight is 355 g/mol. The number of hydrogen-bond donors (Lipinski definition) is 0. The van der Waals surface area contributed by atoms with Crippen molar-refractivity contribution >= 4 is 33.0 Å². The zero-order valence-corrected chi connectivity index (χ0v) is 14.1. The molecule has 0 unspecified atom stereocenters. The molecule has 0 saturated carbocycles. The molecule has 0 N–H and O–H groups in total. The summed E-state index contributed by atoms with van der Waals surface area (Å²) in [5, 5.41) is 11.1. The fourth-order valence-corrected chi connectivity index (χ4v) is 3.87. The van der Waals surface area contributed by atoms with Crippen molar-refractivity contribution in [2.75, 3.05) is 10.8 Å². The molecule has 0 saturated heterocycles. The zero-order valence-electron chi connectivity index (χ0n) is 12.6. The first-order valence-corrected chi connectivity index (χ1v) is 8.62. The summed E-state index contributed by atoms with van der Waals surface area (Å²) in [4.78, 5) is 10.4. The molecular formula is C15H15ClN2O4S. The van der Waals surface area contributed by atoms with Gasteiger partial charge in [-0.05, 0) is 32.0 Å². The predicted octanol–water partition coefficient (Wildman–Crippen LogP) is 3.77. The molecule has 0 atom stereocenters. The van der Waals surface area contributed by atoms with Gasteiger partial charge >= 0.3 is 0 Å². The van der Waals surface area contributed by atoms with Crippen LogP contribution in [0, 0.1) is 17.0 Å². The van der Waals surface area contributed by atoms with E-state index in [1.54, 1.807) is 19.1 Å². The summed E-state index contributed by atoms with van der Waals surface area (Å²) in [5.41, 5.74) is 0.797. The SMILES string of the molecule is CCN(c1cc([N+](=O)[O-])ccc1Cl)S(=O)(=O)c1ccc(C)cc1. The van der Waals surface area contributed by atoms with E-state index in [1.165, 1.54) is 24.3 Å². The molecule has 6 nitrogen and oxygen atoms in total. The molecule has 2 aromatic carbocycles. The molecule has 0 aliphatic heterocycles. The maximum Gasteiger partial charge on any atom is 0.271 e. The smallest absolute Gasteiger partial charge is 0.265 e. The normalized spacial score (nSPS) is 11.3. The van der Waals surface area contributed by atoms with Gasteiger partial charge < -0.3 is 0 Å². The van der Waals surface area contributed by atoms with Crippen molar-refractivity contribution in [2.24, 2.45) is 0 Å². The number of anilines is 1. The highest BCUT2D eigenvalue weighted by Gasteiger charge is 2.26. The van der Waals surface area contributed by atoms with Crippen molar-refractivity contribution in [3.63, 3.8) is 0 Å². The zero-order chi connectivity index (χ0) is 17.2. The summed E-state index contributed by atoms with van der Waals surface area (Å²) >= 11 is 6.06. The number of sulfonamides is 1. The van der Waals surface area contributed by atoms with Crippen LogP contribution in [0.4, 0.5) is 11.4 Å². The number of nitrogens with zero attached hydrogens (tertiary/aromatic N) is 2. The molecule has 0 bridgehead atoms. The fourth-order valence-electron chi connectivity index (χ4n) is 2.11. The highest BCUT2D eigenvalue weighted by molar-refractivity contribution is 7.92. The minimum atomic E-state index is -3.86. The number of aryl methyl sites for hydroxylation is 1. The van der Waals surface area contributed by atoms with Crippen molar-refractivity contribution in [2.45, 2.75) is 18.7 Å². The van der Waals surface area contributed by atoms with Gasteiger partial charge in [-0.2, -0.15) is 0 Å². The summed E-state index contributed by atoms with van der Waals surface area (Å²) < 4.78 is 26.7. The lowest BCUT2D eigenvalue weighted by molar-refractivity contribution is -0.384. The Morgan fingerprint density at radius 2 is 1.78 bits per heavy atom. The number of hydrogen-bond acceptors (Lipinski definition) is 4. The molecule has 122 valence electrons. The van der Waals surface area contributed by atoms with E-state index in [2.05, 4.69) is 0 Å². The van der Waals surface area contributed by atoms with Gasteiger partial charge in [-0.25, -0.2) is 8.42 Å². The van der Waals surface area contributed by atoms with Gasteiger partial charge in [0.25, 0.3) is 15.7 Å². The standard InChI is InChI=1S/C15H15ClN2O4S/c1-3-17(15-10-12(18(19)20)6-9-14(15)16)23(21,22)13-7-4-11(2)5-8-13/h4-10H,3H2,1-2H3. The summed E-state index contributed by atoms with van der Waals surface area (Å²) in [6, 6.07) is 10.1. The van der Waals surface area contributed by atoms with Gasteiger partial charge in [-0.3, -0.25) is 14.4 Å². The van der Waals surface area contributed by atoms with E-state index in [0.29, 0.717) is 0 Å². The van der Waals surface area contributed by atoms with Crippen LogP contribution in [0.3, 0.4) is 0 Å². The van der Waals surface area contributed by atoms with Gasteiger partial charge in [0.2, 0.25) is 0 Å². The highest BCUT2D eigenvalue weighted by Crippen LogP contribution is 2.33. The maximum atomic E-state index is 12.8. The van der Waals surface area contributed by atoms with E-state index in [9.17, 15) is 18.5 Å². The Hall–Kier alpha value is -2.12. The molecule has 23 heavy (non-hydrogen) atoms. The van der Waals surface area contributed by atoms with Crippen LogP contribution >= 0.6 is 11.6 Å². The Bertz CT molecular complexity index is 835. The molecular weight excluding hydrogens is 340 g/mol. The molecule has 2 rings (SSSR count). The van der Waals surface area contributed by atoms with Crippen LogP contribution in [0.25, 0.3) is 0 Å². The first-order valence-electron chi connectivity index (χ1n) is 6.80. The van der Waals surface area contributed by atoms with E-state index < -0.39 is 14.9 Å². The van der Waals surface area contributed by atoms with Gasteiger partial charge in [0.05, 0.1) is 20.5 Å². The number of halogens is 1. The monoisotopic (exact) mass is 354 g/mol. The number of rotatable bonds is 5. The van der Waals surface area contributed by atoms with Crippen LogP contribution in [-0.4, -0.2) is 19.9 Å². The second kappa shape index (κ2) is 6.55. The summed E-state index contributed by atoms with van der Waals surface area (Å²) in [7, 11) is -3.86. The lowest BCUT2D eigenvalue weighted by Gasteiger charge is -2.23. The summed E-state index contributed by atoms with van der Waals surface area (Å²) in [5.74, 6) is 0. The van der Waals surface area contributed by atoms with Gasteiger partial charge in [-0.15, -0.1) is 0 Å². The molecule has 2 aromatic rings. The Morgan fingerprint density at radius 3 is 2.30 bits per heavy atom. The summed E-state index contributed by atoms with van der Waals surface area (Å²) in [6.07, 6.45) is 0. The second-order valence-corrected chi connectivity index (χ2v) is 7.15. The topological polar surface area (TPSA) is 80.5 Å². The molecule has 8 heteroatoms. The number of non-ortho nitro benzene ring substituents is 1. The van der Waals surface area contributed by atoms with E-state index in [0.717, 1.165) is 15.9 Å². The lowest BCUT2D eigenvalue weighted by Crippen LogP contribution is -2.31. The first kappa shape index (κ1) is 17.2. The van der Waals surface area contributed by atoms with Gasteiger partial charge in [0, 0.05) is 18.7 Å². The molecule has 0 heterocycles.